The highest BCUT2D eigenvalue weighted by atomic mass is 16.5. The van der Waals surface area contributed by atoms with Crippen molar-refractivity contribution in [1.29, 1.82) is 0 Å². The fourth-order valence-corrected chi connectivity index (χ4v) is 4.84. The normalized spacial score (nSPS) is 15.0. The summed E-state index contributed by atoms with van der Waals surface area (Å²) in [6.07, 6.45) is 5.38. The molecule has 1 N–H and O–H groups in total. The van der Waals surface area contributed by atoms with Gasteiger partial charge < -0.3 is 24.3 Å². The standard InChI is InChI=1S/C30H28N6O3/c1-4-29(37)36-12-11-23(16-36)38-21-6-8-25-24(14-21)30(32-17-31-25)34-20-5-10-28(19(2)13-20)39-22-7-9-27-26(15-22)33-18-35(27)3/h4-10,13-15,17-18,23H,1,11-12,16H2,2-3H3,(H,31,32,34)/t23-/m1/s1. The molecule has 9 heteroatoms. The molecule has 3 aromatic carbocycles. The molecule has 3 heterocycles. The minimum absolute atomic E-state index is 0.0685. The second kappa shape index (κ2) is 10.1. The quantitative estimate of drug-likeness (QED) is 0.282. The summed E-state index contributed by atoms with van der Waals surface area (Å²) in [6.45, 7) is 6.78. The van der Waals surface area contributed by atoms with Crippen molar-refractivity contribution in [3.05, 3.63) is 85.5 Å². The van der Waals surface area contributed by atoms with E-state index < -0.39 is 0 Å². The SMILES string of the molecule is C=CC(=O)N1CC[C@@H](Oc2ccc3ncnc(Nc4ccc(Oc5ccc6c(c5)ncn6C)c(C)c4)c3c2)C1. The number of fused-ring (bicyclic) bond motifs is 2. The van der Waals surface area contributed by atoms with Gasteiger partial charge in [0.25, 0.3) is 0 Å². The number of nitrogens with zero attached hydrogens (tertiary/aromatic N) is 5. The molecule has 0 unspecified atom stereocenters. The first-order valence-corrected chi connectivity index (χ1v) is 12.8. The van der Waals surface area contributed by atoms with Crippen LogP contribution >= 0.6 is 0 Å². The van der Waals surface area contributed by atoms with Crippen molar-refractivity contribution in [3.8, 4) is 17.2 Å². The lowest BCUT2D eigenvalue weighted by Crippen LogP contribution is -2.29. The molecule has 39 heavy (non-hydrogen) atoms. The van der Waals surface area contributed by atoms with Gasteiger partial charge >= 0.3 is 0 Å². The van der Waals surface area contributed by atoms with Crippen molar-refractivity contribution in [2.75, 3.05) is 18.4 Å². The number of hydrogen-bond donors (Lipinski definition) is 1. The van der Waals surface area contributed by atoms with Gasteiger partial charge in [-0.1, -0.05) is 6.58 Å². The Morgan fingerprint density at radius 3 is 2.77 bits per heavy atom. The molecule has 5 aromatic rings. The largest absolute Gasteiger partial charge is 0.488 e. The zero-order valence-electron chi connectivity index (χ0n) is 21.8. The predicted octanol–water partition coefficient (Wildman–Crippen LogP) is 5.53. The van der Waals surface area contributed by atoms with Gasteiger partial charge in [-0.15, -0.1) is 0 Å². The number of imidazole rings is 1. The molecule has 6 rings (SSSR count). The molecule has 0 aliphatic carbocycles. The second-order valence-electron chi connectivity index (χ2n) is 9.63. The first-order valence-electron chi connectivity index (χ1n) is 12.8. The van der Waals surface area contributed by atoms with Crippen LogP contribution in [-0.4, -0.2) is 49.5 Å². The Hall–Kier alpha value is -4.92. The Morgan fingerprint density at radius 2 is 1.92 bits per heavy atom. The van der Waals surface area contributed by atoms with Gasteiger partial charge in [0.2, 0.25) is 5.91 Å². The van der Waals surface area contributed by atoms with E-state index in [9.17, 15) is 4.79 Å². The Bertz CT molecular complexity index is 1710. The molecule has 0 bridgehead atoms. The van der Waals surface area contributed by atoms with Crippen LogP contribution in [0.5, 0.6) is 17.2 Å². The number of amides is 1. The zero-order valence-corrected chi connectivity index (χ0v) is 21.8. The summed E-state index contributed by atoms with van der Waals surface area (Å²) < 4.78 is 14.3. The lowest BCUT2D eigenvalue weighted by Gasteiger charge is -2.16. The Labute approximate surface area is 225 Å². The van der Waals surface area contributed by atoms with E-state index in [1.54, 1.807) is 17.6 Å². The first kappa shape index (κ1) is 24.4. The van der Waals surface area contributed by atoms with Crippen LogP contribution < -0.4 is 14.8 Å². The zero-order chi connectivity index (χ0) is 26.9. The Kier molecular flexibility index (Phi) is 6.32. The molecule has 1 aliphatic heterocycles. The van der Waals surface area contributed by atoms with Crippen LogP contribution in [0.2, 0.25) is 0 Å². The number of aryl methyl sites for hydroxylation is 2. The molecule has 1 amide bonds. The third-order valence-corrected chi connectivity index (χ3v) is 6.90. The van der Waals surface area contributed by atoms with Crippen molar-refractivity contribution < 1.29 is 14.3 Å². The summed E-state index contributed by atoms with van der Waals surface area (Å²) in [5.41, 5.74) is 4.60. The summed E-state index contributed by atoms with van der Waals surface area (Å²) in [4.78, 5) is 27.0. The first-order chi connectivity index (χ1) is 19.0. The maximum Gasteiger partial charge on any atom is 0.246 e. The highest BCUT2D eigenvalue weighted by molar-refractivity contribution is 5.91. The molecule has 1 saturated heterocycles. The molecular formula is C30H28N6O3. The maximum atomic E-state index is 11.9. The van der Waals surface area contributed by atoms with Crippen LogP contribution in [0.4, 0.5) is 11.5 Å². The molecule has 9 nitrogen and oxygen atoms in total. The lowest BCUT2D eigenvalue weighted by atomic mass is 10.1. The number of rotatable bonds is 7. The number of carbonyl (C=O) groups excluding carboxylic acids is 1. The number of nitrogens with one attached hydrogen (secondary N) is 1. The van der Waals surface area contributed by atoms with E-state index in [1.165, 1.54) is 6.08 Å². The Balaban J connectivity index is 1.19. The topological polar surface area (TPSA) is 94.4 Å². The monoisotopic (exact) mass is 520 g/mol. The van der Waals surface area contributed by atoms with E-state index >= 15 is 0 Å². The van der Waals surface area contributed by atoms with E-state index in [2.05, 4.69) is 26.8 Å². The van der Waals surface area contributed by atoms with Crippen molar-refractivity contribution in [2.45, 2.75) is 19.4 Å². The van der Waals surface area contributed by atoms with Gasteiger partial charge in [-0.25, -0.2) is 15.0 Å². The van der Waals surface area contributed by atoms with E-state index in [1.807, 2.05) is 73.1 Å². The molecular weight excluding hydrogens is 492 g/mol. The summed E-state index contributed by atoms with van der Waals surface area (Å²) in [5.74, 6) is 2.82. The summed E-state index contributed by atoms with van der Waals surface area (Å²) >= 11 is 0. The average molecular weight is 521 g/mol. The van der Waals surface area contributed by atoms with Gasteiger partial charge in [-0.2, -0.15) is 0 Å². The fraction of sp³-hybridized carbons (Fsp3) is 0.200. The van der Waals surface area contributed by atoms with Crippen molar-refractivity contribution in [3.63, 3.8) is 0 Å². The number of aromatic nitrogens is 4. The number of benzene rings is 3. The van der Waals surface area contributed by atoms with Crippen molar-refractivity contribution in [2.24, 2.45) is 7.05 Å². The van der Waals surface area contributed by atoms with Crippen LogP contribution in [0.25, 0.3) is 21.9 Å². The molecule has 196 valence electrons. The molecule has 1 aliphatic rings. The van der Waals surface area contributed by atoms with E-state index in [4.69, 9.17) is 9.47 Å². The number of anilines is 2. The van der Waals surface area contributed by atoms with Gasteiger partial charge in [-0.05, 0) is 67.1 Å². The van der Waals surface area contributed by atoms with E-state index in [0.29, 0.717) is 24.7 Å². The van der Waals surface area contributed by atoms with Gasteiger partial charge in [0.05, 0.1) is 29.4 Å². The summed E-state index contributed by atoms with van der Waals surface area (Å²) in [7, 11) is 1.97. The lowest BCUT2D eigenvalue weighted by molar-refractivity contribution is -0.125. The highest BCUT2D eigenvalue weighted by Crippen LogP contribution is 2.32. The summed E-state index contributed by atoms with van der Waals surface area (Å²) in [6, 6.07) is 17.6. The van der Waals surface area contributed by atoms with Crippen LogP contribution in [0.1, 0.15) is 12.0 Å². The van der Waals surface area contributed by atoms with E-state index in [0.717, 1.165) is 51.1 Å². The minimum Gasteiger partial charge on any atom is -0.488 e. The second-order valence-corrected chi connectivity index (χ2v) is 9.63. The van der Waals surface area contributed by atoms with Gasteiger partial charge in [0.1, 0.15) is 35.5 Å². The minimum atomic E-state index is -0.0690. The van der Waals surface area contributed by atoms with Gasteiger partial charge in [0.15, 0.2) is 0 Å². The number of ether oxygens (including phenoxy) is 2. The average Bonchev–Trinajstić information content (AvgIpc) is 3.56. The predicted molar refractivity (Wildman–Crippen MR) is 151 cm³/mol. The van der Waals surface area contributed by atoms with Crippen molar-refractivity contribution >= 4 is 39.3 Å². The molecule has 0 spiro atoms. The Morgan fingerprint density at radius 1 is 1.05 bits per heavy atom. The third-order valence-electron chi connectivity index (χ3n) is 6.90. The van der Waals surface area contributed by atoms with E-state index in [-0.39, 0.29) is 12.0 Å². The van der Waals surface area contributed by atoms with Crippen LogP contribution in [0.15, 0.2) is 79.9 Å². The molecule has 2 aromatic heterocycles. The van der Waals surface area contributed by atoms with Crippen LogP contribution in [0.3, 0.4) is 0 Å². The number of likely N-dealkylation sites (tertiary alicyclic amines) is 1. The van der Waals surface area contributed by atoms with Gasteiger partial charge in [0, 0.05) is 37.2 Å². The molecule has 0 saturated carbocycles. The van der Waals surface area contributed by atoms with Crippen molar-refractivity contribution in [1.82, 2.24) is 24.4 Å². The maximum absolute atomic E-state index is 11.9. The number of carbonyl (C=O) groups is 1. The smallest absolute Gasteiger partial charge is 0.246 e. The van der Waals surface area contributed by atoms with Crippen LogP contribution in [0, 0.1) is 6.92 Å². The molecule has 1 atom stereocenters. The van der Waals surface area contributed by atoms with Crippen LogP contribution in [-0.2, 0) is 11.8 Å². The highest BCUT2D eigenvalue weighted by Gasteiger charge is 2.26. The molecule has 0 radical (unpaired) electrons. The fourth-order valence-electron chi connectivity index (χ4n) is 4.84. The third kappa shape index (κ3) is 4.98. The van der Waals surface area contributed by atoms with Gasteiger partial charge in [-0.3, -0.25) is 4.79 Å². The number of hydrogen-bond acceptors (Lipinski definition) is 7. The molecule has 1 fully saturated rings. The summed E-state index contributed by atoms with van der Waals surface area (Å²) in [5, 5.41) is 4.26.